The van der Waals surface area contributed by atoms with Crippen LogP contribution in [0, 0.1) is 5.82 Å². The molecule has 1 aliphatic rings. The number of hydrogen-bond acceptors (Lipinski definition) is 3. The summed E-state index contributed by atoms with van der Waals surface area (Å²) in [7, 11) is 0. The quantitative estimate of drug-likeness (QED) is 0.760. The lowest BCUT2D eigenvalue weighted by atomic mass is 10.1. The largest absolute Gasteiger partial charge is 0.419 e. The molecule has 0 amide bonds. The minimum absolute atomic E-state index is 0.0213. The second kappa shape index (κ2) is 7.39. The van der Waals surface area contributed by atoms with Gasteiger partial charge in [-0.05, 0) is 42.7 Å². The Morgan fingerprint density at radius 3 is 2.40 bits per heavy atom. The lowest BCUT2D eigenvalue weighted by molar-refractivity contribution is -0.137. The van der Waals surface area contributed by atoms with E-state index < -0.39 is 11.7 Å². The van der Waals surface area contributed by atoms with Crippen molar-refractivity contribution in [2.45, 2.75) is 31.7 Å². The van der Waals surface area contributed by atoms with Crippen molar-refractivity contribution in [3.63, 3.8) is 0 Å². The van der Waals surface area contributed by atoms with Crippen molar-refractivity contribution < 1.29 is 22.3 Å². The molecule has 7 heteroatoms. The predicted octanol–water partition coefficient (Wildman–Crippen LogP) is 4.43. The van der Waals surface area contributed by atoms with Crippen LogP contribution >= 0.6 is 0 Å². The normalized spacial score (nSPS) is 16.2. The summed E-state index contributed by atoms with van der Waals surface area (Å²) in [5, 5.41) is 0. The van der Waals surface area contributed by atoms with Crippen LogP contribution in [0.2, 0.25) is 0 Å². The summed E-state index contributed by atoms with van der Waals surface area (Å²) in [5.41, 5.74) is 0.161. The summed E-state index contributed by atoms with van der Waals surface area (Å²) < 4.78 is 58.0. The van der Waals surface area contributed by atoms with Gasteiger partial charge in [-0.3, -0.25) is 0 Å². The van der Waals surface area contributed by atoms with E-state index in [9.17, 15) is 17.6 Å². The van der Waals surface area contributed by atoms with Crippen molar-refractivity contribution in [1.82, 2.24) is 4.98 Å². The van der Waals surface area contributed by atoms with E-state index >= 15 is 0 Å². The van der Waals surface area contributed by atoms with Crippen LogP contribution in [0.25, 0.3) is 0 Å². The van der Waals surface area contributed by atoms with Crippen molar-refractivity contribution in [3.05, 3.63) is 59.5 Å². The molecular weight excluding hydrogens is 336 g/mol. The zero-order valence-electron chi connectivity index (χ0n) is 13.5. The van der Waals surface area contributed by atoms with Gasteiger partial charge in [-0.25, -0.2) is 9.37 Å². The lowest BCUT2D eigenvalue weighted by Gasteiger charge is -2.34. The average molecular weight is 354 g/mol. The van der Waals surface area contributed by atoms with E-state index in [1.807, 2.05) is 0 Å². The van der Waals surface area contributed by atoms with E-state index in [2.05, 4.69) is 4.98 Å². The third kappa shape index (κ3) is 4.48. The number of nitrogens with zero attached hydrogens (tertiary/aromatic N) is 2. The molecule has 0 radical (unpaired) electrons. The van der Waals surface area contributed by atoms with Crippen molar-refractivity contribution in [3.8, 4) is 0 Å². The lowest BCUT2D eigenvalue weighted by Crippen LogP contribution is -2.38. The topological polar surface area (TPSA) is 25.4 Å². The first-order chi connectivity index (χ1) is 11.9. The summed E-state index contributed by atoms with van der Waals surface area (Å²) >= 11 is 0. The standard InChI is InChI=1S/C18H18F4N2O/c19-14-5-3-13(4-6-14)12-25-15-7-10-24(11-8-15)17-16(18(20,21)22)2-1-9-23-17/h1-6,9,15H,7-8,10-12H2. The van der Waals surface area contributed by atoms with Gasteiger partial charge in [0.15, 0.2) is 0 Å². The van der Waals surface area contributed by atoms with Gasteiger partial charge in [0.2, 0.25) is 0 Å². The minimum atomic E-state index is -4.42. The maximum atomic E-state index is 13.1. The van der Waals surface area contributed by atoms with Gasteiger partial charge in [-0.2, -0.15) is 13.2 Å². The number of ether oxygens (including phenoxy) is 1. The Bertz CT molecular complexity index is 695. The van der Waals surface area contributed by atoms with Crippen LogP contribution in [-0.2, 0) is 17.5 Å². The minimum Gasteiger partial charge on any atom is -0.373 e. The van der Waals surface area contributed by atoms with Gasteiger partial charge in [-0.15, -0.1) is 0 Å². The van der Waals surface area contributed by atoms with Crippen molar-refractivity contribution >= 4 is 5.82 Å². The molecule has 0 N–H and O–H groups in total. The number of rotatable bonds is 4. The van der Waals surface area contributed by atoms with E-state index in [1.165, 1.54) is 24.4 Å². The second-order valence-electron chi connectivity index (χ2n) is 6.00. The smallest absolute Gasteiger partial charge is 0.373 e. The Morgan fingerprint density at radius 2 is 1.76 bits per heavy atom. The Morgan fingerprint density at radius 1 is 1.08 bits per heavy atom. The molecule has 2 heterocycles. The summed E-state index contributed by atoms with van der Waals surface area (Å²) in [6.45, 7) is 1.27. The molecule has 0 atom stereocenters. The molecule has 1 aromatic heterocycles. The summed E-state index contributed by atoms with van der Waals surface area (Å²) in [4.78, 5) is 5.58. The van der Waals surface area contributed by atoms with Gasteiger partial charge in [0.1, 0.15) is 11.6 Å². The van der Waals surface area contributed by atoms with E-state index in [0.717, 1.165) is 11.6 Å². The maximum Gasteiger partial charge on any atom is 0.419 e. The van der Waals surface area contributed by atoms with Gasteiger partial charge in [-0.1, -0.05) is 12.1 Å². The highest BCUT2D eigenvalue weighted by Gasteiger charge is 2.36. The molecule has 0 spiro atoms. The first-order valence-corrected chi connectivity index (χ1v) is 8.06. The van der Waals surface area contributed by atoms with Crippen LogP contribution in [0.1, 0.15) is 24.0 Å². The van der Waals surface area contributed by atoms with Gasteiger partial charge in [0, 0.05) is 19.3 Å². The first kappa shape index (κ1) is 17.7. The molecule has 1 fully saturated rings. The van der Waals surface area contributed by atoms with E-state index in [1.54, 1.807) is 17.0 Å². The number of halogens is 4. The zero-order chi connectivity index (χ0) is 17.9. The third-order valence-corrected chi connectivity index (χ3v) is 4.23. The monoisotopic (exact) mass is 354 g/mol. The fourth-order valence-electron chi connectivity index (χ4n) is 2.90. The SMILES string of the molecule is Fc1ccc(COC2CCN(c3ncccc3C(F)(F)F)CC2)cc1. The number of pyridine rings is 1. The molecule has 0 aliphatic carbocycles. The molecule has 0 unspecified atom stereocenters. The number of aromatic nitrogens is 1. The molecule has 134 valence electrons. The van der Waals surface area contributed by atoms with Crippen molar-refractivity contribution in [2.24, 2.45) is 0 Å². The van der Waals surface area contributed by atoms with Gasteiger partial charge < -0.3 is 9.64 Å². The number of anilines is 1. The highest BCUT2D eigenvalue weighted by atomic mass is 19.4. The van der Waals surface area contributed by atoms with E-state index in [-0.39, 0.29) is 17.7 Å². The van der Waals surface area contributed by atoms with Crippen LogP contribution in [0.5, 0.6) is 0 Å². The zero-order valence-corrected chi connectivity index (χ0v) is 13.5. The molecule has 1 aromatic carbocycles. The molecule has 1 aliphatic heterocycles. The molecule has 1 saturated heterocycles. The fourth-order valence-corrected chi connectivity index (χ4v) is 2.90. The number of benzene rings is 1. The Hall–Kier alpha value is -2.15. The van der Waals surface area contributed by atoms with Crippen LogP contribution in [-0.4, -0.2) is 24.2 Å². The van der Waals surface area contributed by atoms with Crippen LogP contribution in [0.15, 0.2) is 42.6 Å². The van der Waals surface area contributed by atoms with E-state index in [4.69, 9.17) is 4.74 Å². The van der Waals surface area contributed by atoms with E-state index in [0.29, 0.717) is 32.5 Å². The molecule has 0 bridgehead atoms. The average Bonchev–Trinajstić information content (AvgIpc) is 2.61. The van der Waals surface area contributed by atoms with Gasteiger partial charge in [0.05, 0.1) is 18.3 Å². The molecule has 3 rings (SSSR count). The Balaban J connectivity index is 1.56. The number of alkyl halides is 3. The van der Waals surface area contributed by atoms with Crippen LogP contribution < -0.4 is 4.90 Å². The molecule has 25 heavy (non-hydrogen) atoms. The highest BCUT2D eigenvalue weighted by Crippen LogP contribution is 2.36. The first-order valence-electron chi connectivity index (χ1n) is 8.06. The Labute approximate surface area is 143 Å². The second-order valence-corrected chi connectivity index (χ2v) is 6.00. The predicted molar refractivity (Wildman–Crippen MR) is 85.7 cm³/mol. The van der Waals surface area contributed by atoms with Gasteiger partial charge in [0.25, 0.3) is 0 Å². The number of piperidine rings is 1. The third-order valence-electron chi connectivity index (χ3n) is 4.23. The molecule has 0 saturated carbocycles. The Kier molecular flexibility index (Phi) is 5.22. The van der Waals surface area contributed by atoms with Crippen molar-refractivity contribution in [1.29, 1.82) is 0 Å². The molecular formula is C18H18F4N2O. The summed E-state index contributed by atoms with van der Waals surface area (Å²) in [6, 6.07) is 8.42. The molecule has 3 nitrogen and oxygen atoms in total. The van der Waals surface area contributed by atoms with Crippen LogP contribution in [0.3, 0.4) is 0 Å². The maximum absolute atomic E-state index is 13.1. The summed E-state index contributed by atoms with van der Waals surface area (Å²) in [6.07, 6.45) is -1.83. The number of hydrogen-bond donors (Lipinski definition) is 0. The fraction of sp³-hybridized carbons (Fsp3) is 0.389. The van der Waals surface area contributed by atoms with Crippen molar-refractivity contribution in [2.75, 3.05) is 18.0 Å². The summed E-state index contributed by atoms with van der Waals surface area (Å²) in [5.74, 6) is -0.320. The highest BCUT2D eigenvalue weighted by molar-refractivity contribution is 5.48. The van der Waals surface area contributed by atoms with Gasteiger partial charge >= 0.3 is 6.18 Å². The molecule has 2 aromatic rings. The van der Waals surface area contributed by atoms with Crippen LogP contribution in [0.4, 0.5) is 23.4 Å².